The van der Waals surface area contributed by atoms with Crippen LogP contribution in [0.2, 0.25) is 0 Å². The van der Waals surface area contributed by atoms with Crippen molar-refractivity contribution >= 4 is 23.4 Å². The van der Waals surface area contributed by atoms with Gasteiger partial charge in [0.05, 0.1) is 23.2 Å². The Hall–Kier alpha value is -5.41. The van der Waals surface area contributed by atoms with Crippen LogP contribution >= 0.6 is 0 Å². The predicted molar refractivity (Wildman–Crippen MR) is 247 cm³/mol. The van der Waals surface area contributed by atoms with Gasteiger partial charge in [-0.1, -0.05) is 42.3 Å². The lowest BCUT2D eigenvalue weighted by Crippen LogP contribution is -2.70. The van der Waals surface area contributed by atoms with E-state index in [9.17, 15) is 24.7 Å². The van der Waals surface area contributed by atoms with E-state index in [1.807, 2.05) is 32.9 Å². The molecule has 2 heterocycles. The van der Waals surface area contributed by atoms with Crippen molar-refractivity contribution in [2.45, 2.75) is 95.6 Å². The van der Waals surface area contributed by atoms with Gasteiger partial charge in [0.25, 0.3) is 5.69 Å². The Labute approximate surface area is 381 Å². The van der Waals surface area contributed by atoms with Crippen LogP contribution in [-0.4, -0.2) is 100 Å². The zero-order chi connectivity index (χ0) is 46.1. The summed E-state index contributed by atoms with van der Waals surface area (Å²) in [6.07, 6.45) is 11.6. The first-order chi connectivity index (χ1) is 31.3. The third-order valence-electron chi connectivity index (χ3n) is 12.7. The minimum atomic E-state index is -1.53. The number of aliphatic hydroxyl groups is 2. The molecule has 0 bridgehead atoms. The molecule has 2 fully saturated rings. The van der Waals surface area contributed by atoms with Gasteiger partial charge in [-0.05, 0) is 124 Å². The Bertz CT molecular complexity index is 2220. The number of hydrogen-bond donors (Lipinski definition) is 2. The van der Waals surface area contributed by atoms with Crippen LogP contribution in [0.3, 0.4) is 0 Å². The lowest BCUT2D eigenvalue weighted by molar-refractivity contribution is -0.384. The van der Waals surface area contributed by atoms with Gasteiger partial charge in [0.1, 0.15) is 35.6 Å². The number of halogens is 1. The van der Waals surface area contributed by atoms with Crippen molar-refractivity contribution in [3.63, 3.8) is 0 Å². The summed E-state index contributed by atoms with van der Waals surface area (Å²) >= 11 is 0. The van der Waals surface area contributed by atoms with Crippen LogP contribution in [0, 0.1) is 33.7 Å². The van der Waals surface area contributed by atoms with Gasteiger partial charge in [0.2, 0.25) is 11.7 Å². The normalized spacial score (nSPS) is 24.1. The fourth-order valence-electron chi connectivity index (χ4n) is 9.62. The summed E-state index contributed by atoms with van der Waals surface area (Å²) in [5.41, 5.74) is 3.02. The SMILES string of the molecule is C=CCO[C@@]12Oc3ccc(OCCN4CC4)cc3[C@H]3[C@H](CCCCO)[C@@H](CCCCO)C=C(C(=NOC(C)(C)C)C[C@@H]1N(Cc1ccc(F)cc1)C(=O)C=Cc1ccc([N+](=O)[O-])cc1)[C@H]32. The van der Waals surface area contributed by atoms with E-state index in [-0.39, 0.29) is 56.2 Å². The number of fused-ring (bicyclic) bond motifs is 2. The molecule has 0 spiro atoms. The highest BCUT2D eigenvalue weighted by Crippen LogP contribution is 2.62. The van der Waals surface area contributed by atoms with Crippen LogP contribution < -0.4 is 9.47 Å². The number of carbonyl (C=O) groups excluding carboxylic acids is 1. The number of rotatable bonds is 22. The number of nitro groups is 1. The maximum absolute atomic E-state index is 15.1. The van der Waals surface area contributed by atoms with E-state index in [0.29, 0.717) is 42.0 Å². The lowest BCUT2D eigenvalue weighted by Gasteiger charge is -2.60. The summed E-state index contributed by atoms with van der Waals surface area (Å²) in [5, 5.41) is 36.3. The van der Waals surface area contributed by atoms with E-state index in [0.717, 1.165) is 62.2 Å². The molecule has 1 saturated heterocycles. The Balaban J connectivity index is 1.44. The quantitative estimate of drug-likeness (QED) is 0.0250. The monoisotopic (exact) mass is 894 g/mol. The molecule has 65 heavy (non-hydrogen) atoms. The molecule has 0 radical (unpaired) electrons. The van der Waals surface area contributed by atoms with E-state index in [2.05, 4.69) is 23.6 Å². The van der Waals surface area contributed by atoms with Crippen LogP contribution in [0.1, 0.15) is 88.3 Å². The van der Waals surface area contributed by atoms with Crippen molar-refractivity contribution in [2.24, 2.45) is 22.9 Å². The van der Waals surface area contributed by atoms with Gasteiger partial charge in [0, 0.05) is 75.5 Å². The number of unbranched alkanes of at least 4 members (excludes halogenated alkanes) is 2. The number of benzene rings is 3. The van der Waals surface area contributed by atoms with Gasteiger partial charge in [0.15, 0.2) is 0 Å². The summed E-state index contributed by atoms with van der Waals surface area (Å²) in [5.74, 6) is -1.75. The van der Waals surface area contributed by atoms with Crippen molar-refractivity contribution in [2.75, 3.05) is 46.1 Å². The minimum Gasteiger partial charge on any atom is -0.492 e. The van der Waals surface area contributed by atoms with Gasteiger partial charge in [-0.2, -0.15) is 0 Å². The molecule has 14 heteroatoms. The third kappa shape index (κ3) is 11.5. The topological polar surface area (TPSA) is 156 Å². The number of hydrogen-bond acceptors (Lipinski definition) is 11. The highest BCUT2D eigenvalue weighted by Gasteiger charge is 2.65. The number of ether oxygens (including phenoxy) is 3. The van der Waals surface area contributed by atoms with Crippen molar-refractivity contribution in [1.29, 1.82) is 0 Å². The first-order valence-electron chi connectivity index (χ1n) is 22.9. The first-order valence-corrected chi connectivity index (χ1v) is 22.9. The van der Waals surface area contributed by atoms with E-state index >= 15 is 4.79 Å². The fourth-order valence-corrected chi connectivity index (χ4v) is 9.62. The van der Waals surface area contributed by atoms with Crippen LogP contribution in [-0.2, 0) is 20.9 Å². The van der Waals surface area contributed by atoms with Crippen molar-refractivity contribution in [3.8, 4) is 11.5 Å². The second-order valence-corrected chi connectivity index (χ2v) is 18.4. The van der Waals surface area contributed by atoms with E-state index in [1.165, 1.54) is 30.3 Å². The molecule has 13 nitrogen and oxygen atoms in total. The fraction of sp³-hybridized carbons (Fsp3) is 0.490. The molecule has 4 aliphatic rings. The number of carbonyl (C=O) groups is 1. The third-order valence-corrected chi connectivity index (χ3v) is 12.7. The standard InChI is InChI=1S/C51H63FN4O9/c1-5-29-63-51-46(55(34-36-12-17-38(52)18-13-36)47(59)23-16-35-14-19-39(20-15-35)56(60)61)33-44(53-65-50(2,3)4)42-31-37(10-6-8-27-57)41(11-7-9-28-58)48(49(42)51)43-32-40(21-22-45(43)64-51)62-30-26-54-24-25-54/h5,12-23,31-32,37,41,46,48-49,57-58H,1,6-11,24-30,33-34H2,2-4H3/t37-,41+,46-,48+,49+,51+/m0/s1. The molecule has 3 aromatic rings. The number of oxime groups is 1. The average molecular weight is 895 g/mol. The molecule has 348 valence electrons. The molecule has 2 aliphatic carbocycles. The Morgan fingerprint density at radius 1 is 1.05 bits per heavy atom. The van der Waals surface area contributed by atoms with Gasteiger partial charge in [-0.15, -0.1) is 6.58 Å². The van der Waals surface area contributed by atoms with Gasteiger partial charge < -0.3 is 34.2 Å². The molecule has 2 aliphatic heterocycles. The number of aliphatic hydroxyl groups excluding tert-OH is 2. The molecule has 1 saturated carbocycles. The van der Waals surface area contributed by atoms with Gasteiger partial charge in [-0.3, -0.25) is 19.8 Å². The molecular formula is C51H63FN4O9. The summed E-state index contributed by atoms with van der Waals surface area (Å²) in [6.45, 7) is 13.6. The molecule has 1 amide bonds. The van der Waals surface area contributed by atoms with Crippen LogP contribution in [0.25, 0.3) is 6.08 Å². The highest BCUT2D eigenvalue weighted by atomic mass is 19.1. The number of nitrogens with zero attached hydrogens (tertiary/aromatic N) is 4. The Morgan fingerprint density at radius 3 is 2.43 bits per heavy atom. The van der Waals surface area contributed by atoms with Crippen molar-refractivity contribution in [1.82, 2.24) is 9.80 Å². The number of nitro benzene ring substituents is 1. The predicted octanol–water partition coefficient (Wildman–Crippen LogP) is 8.60. The molecule has 7 rings (SSSR count). The smallest absolute Gasteiger partial charge is 0.269 e. The second kappa shape index (κ2) is 21.3. The lowest BCUT2D eigenvalue weighted by atomic mass is 9.55. The molecule has 0 aromatic heterocycles. The maximum atomic E-state index is 15.1. The van der Waals surface area contributed by atoms with E-state index in [4.69, 9.17) is 24.2 Å². The number of non-ortho nitro benzene ring substituents is 1. The molecule has 2 N–H and O–H groups in total. The van der Waals surface area contributed by atoms with Crippen molar-refractivity contribution < 1.29 is 43.4 Å². The maximum Gasteiger partial charge on any atom is 0.269 e. The second-order valence-electron chi connectivity index (χ2n) is 18.4. The average Bonchev–Trinajstić information content (AvgIpc) is 4.12. The van der Waals surface area contributed by atoms with Crippen molar-refractivity contribution in [3.05, 3.63) is 130 Å². The highest BCUT2D eigenvalue weighted by molar-refractivity contribution is 6.03. The minimum absolute atomic E-state index is 0.0167. The zero-order valence-corrected chi connectivity index (χ0v) is 37.8. The number of amides is 1. The number of allylic oxidation sites excluding steroid dienone is 1. The summed E-state index contributed by atoms with van der Waals surface area (Å²) in [4.78, 5) is 36.3. The largest absolute Gasteiger partial charge is 0.492 e. The summed E-state index contributed by atoms with van der Waals surface area (Å²) < 4.78 is 35.3. The van der Waals surface area contributed by atoms with Gasteiger partial charge >= 0.3 is 0 Å². The van der Waals surface area contributed by atoms with E-state index < -0.39 is 40.0 Å². The molecule has 6 atom stereocenters. The first kappa shape index (κ1) is 47.5. The van der Waals surface area contributed by atoms with E-state index in [1.54, 1.807) is 41.3 Å². The Morgan fingerprint density at radius 2 is 1.77 bits per heavy atom. The molecule has 3 aromatic carbocycles. The van der Waals surface area contributed by atoms with Crippen LogP contribution in [0.5, 0.6) is 11.5 Å². The zero-order valence-electron chi connectivity index (χ0n) is 37.8. The molecular weight excluding hydrogens is 832 g/mol. The molecule has 0 unspecified atom stereocenters. The van der Waals surface area contributed by atoms with Gasteiger partial charge in [-0.25, -0.2) is 4.39 Å². The Kier molecular flexibility index (Phi) is 15.6. The van der Waals surface area contributed by atoms with Crippen LogP contribution in [0.15, 0.2) is 102 Å². The summed E-state index contributed by atoms with van der Waals surface area (Å²) in [6, 6.07) is 17.0. The van der Waals surface area contributed by atoms with Crippen LogP contribution in [0.4, 0.5) is 10.1 Å². The summed E-state index contributed by atoms with van der Waals surface area (Å²) in [7, 11) is 0.